The molecule has 0 fully saturated rings. The van der Waals surface area contributed by atoms with Crippen LogP contribution in [0.2, 0.25) is 0 Å². The number of hydrogen-bond acceptors (Lipinski definition) is 4. The fraction of sp³-hybridized carbons (Fsp3) is 0.375. The van der Waals surface area contributed by atoms with Crippen LogP contribution in [-0.4, -0.2) is 26.6 Å². The number of halogens is 2. The Kier molecular flexibility index (Phi) is 5.79. The Morgan fingerprint density at radius 2 is 2.08 bits per heavy atom. The second kappa shape index (κ2) is 7.82. The number of hydrogen-bond donors (Lipinski definition) is 2. The summed E-state index contributed by atoms with van der Waals surface area (Å²) in [6.07, 6.45) is 1.01. The number of nitrogens with two attached hydrogens (primary N) is 1. The molecule has 7 nitrogen and oxygen atoms in total. The first-order valence-electron chi connectivity index (χ1n) is 7.78. The van der Waals surface area contributed by atoms with E-state index in [4.69, 9.17) is 5.73 Å². The Labute approximate surface area is 143 Å². The monoisotopic (exact) mass is 351 g/mol. The maximum Gasteiger partial charge on any atom is 0.225 e. The van der Waals surface area contributed by atoms with E-state index in [1.807, 2.05) is 6.92 Å². The van der Waals surface area contributed by atoms with Gasteiger partial charge < -0.3 is 11.1 Å². The highest BCUT2D eigenvalue weighted by atomic mass is 19.1. The standard InChI is InChI=1S/C16H19F2N5O2/c1-3-4-12(20-9(2)24)16-21-15(8-14(19)25)22-23(16)13-6-5-10(17)7-11(13)18/h5-7,12H,3-4,8H2,1-2H3,(H2,19,25)(H,20,24). The number of benzene rings is 1. The minimum atomic E-state index is -0.838. The molecule has 3 N–H and O–H groups in total. The highest BCUT2D eigenvalue weighted by Crippen LogP contribution is 2.23. The zero-order chi connectivity index (χ0) is 18.6. The average Bonchev–Trinajstić information content (AvgIpc) is 2.89. The molecule has 134 valence electrons. The predicted molar refractivity (Wildman–Crippen MR) is 85.6 cm³/mol. The topological polar surface area (TPSA) is 103 Å². The van der Waals surface area contributed by atoms with E-state index in [1.165, 1.54) is 17.7 Å². The van der Waals surface area contributed by atoms with Gasteiger partial charge in [0.2, 0.25) is 11.8 Å². The molecular weight excluding hydrogens is 332 g/mol. The number of rotatable bonds is 7. The summed E-state index contributed by atoms with van der Waals surface area (Å²) >= 11 is 0. The van der Waals surface area contributed by atoms with Crippen molar-refractivity contribution in [2.45, 2.75) is 39.2 Å². The van der Waals surface area contributed by atoms with Gasteiger partial charge in [-0.25, -0.2) is 18.4 Å². The van der Waals surface area contributed by atoms with Crippen LogP contribution in [0.1, 0.15) is 44.4 Å². The van der Waals surface area contributed by atoms with E-state index in [0.29, 0.717) is 6.42 Å². The lowest BCUT2D eigenvalue weighted by molar-refractivity contribution is -0.120. The second-order valence-electron chi connectivity index (χ2n) is 5.58. The molecule has 0 saturated heterocycles. The molecule has 9 heteroatoms. The van der Waals surface area contributed by atoms with Crippen molar-refractivity contribution in [1.29, 1.82) is 0 Å². The van der Waals surface area contributed by atoms with Crippen LogP contribution in [0.5, 0.6) is 0 Å². The van der Waals surface area contributed by atoms with Crippen molar-refractivity contribution < 1.29 is 18.4 Å². The van der Waals surface area contributed by atoms with Gasteiger partial charge in [-0.1, -0.05) is 13.3 Å². The van der Waals surface area contributed by atoms with Crippen molar-refractivity contribution in [2.75, 3.05) is 0 Å². The molecule has 2 aromatic rings. The van der Waals surface area contributed by atoms with Crippen molar-refractivity contribution in [3.63, 3.8) is 0 Å². The van der Waals surface area contributed by atoms with Crippen LogP contribution in [0.3, 0.4) is 0 Å². The van der Waals surface area contributed by atoms with Gasteiger partial charge in [-0.15, -0.1) is 0 Å². The summed E-state index contributed by atoms with van der Waals surface area (Å²) in [6.45, 7) is 3.27. The van der Waals surface area contributed by atoms with Gasteiger partial charge in [0.05, 0.1) is 12.5 Å². The summed E-state index contributed by atoms with van der Waals surface area (Å²) in [6, 6.07) is 2.49. The number of primary amides is 1. The molecule has 0 aliphatic carbocycles. The van der Waals surface area contributed by atoms with Crippen LogP contribution in [0.15, 0.2) is 18.2 Å². The van der Waals surface area contributed by atoms with E-state index in [2.05, 4.69) is 15.4 Å². The predicted octanol–water partition coefficient (Wildman–Crippen LogP) is 1.55. The molecule has 1 aromatic heterocycles. The van der Waals surface area contributed by atoms with E-state index < -0.39 is 23.6 Å². The molecule has 0 radical (unpaired) electrons. The molecule has 25 heavy (non-hydrogen) atoms. The van der Waals surface area contributed by atoms with E-state index >= 15 is 0 Å². The molecule has 2 rings (SSSR count). The Morgan fingerprint density at radius 1 is 1.36 bits per heavy atom. The Bertz CT molecular complexity index is 791. The zero-order valence-corrected chi connectivity index (χ0v) is 13.9. The smallest absolute Gasteiger partial charge is 0.225 e. The normalized spacial score (nSPS) is 12.0. The SMILES string of the molecule is CCCC(NC(C)=O)c1nc(CC(N)=O)nn1-c1ccc(F)cc1F. The lowest BCUT2D eigenvalue weighted by Gasteiger charge is -2.17. The minimum absolute atomic E-state index is 0.0360. The second-order valence-corrected chi connectivity index (χ2v) is 5.58. The van der Waals surface area contributed by atoms with Crippen molar-refractivity contribution >= 4 is 11.8 Å². The van der Waals surface area contributed by atoms with Crippen molar-refractivity contribution in [3.05, 3.63) is 41.5 Å². The molecule has 0 bridgehead atoms. The summed E-state index contributed by atoms with van der Waals surface area (Å²) in [5, 5.41) is 6.84. The first-order valence-corrected chi connectivity index (χ1v) is 7.78. The maximum absolute atomic E-state index is 14.2. The largest absolute Gasteiger partial charge is 0.369 e. The zero-order valence-electron chi connectivity index (χ0n) is 13.9. The summed E-state index contributed by atoms with van der Waals surface area (Å²) in [7, 11) is 0. The van der Waals surface area contributed by atoms with Crippen LogP contribution in [0.4, 0.5) is 8.78 Å². The number of nitrogens with one attached hydrogen (secondary N) is 1. The lowest BCUT2D eigenvalue weighted by Crippen LogP contribution is -2.28. The summed E-state index contributed by atoms with van der Waals surface area (Å²) in [4.78, 5) is 26.9. The average molecular weight is 351 g/mol. The quantitative estimate of drug-likeness (QED) is 0.790. The van der Waals surface area contributed by atoms with Crippen LogP contribution >= 0.6 is 0 Å². The number of amides is 2. The van der Waals surface area contributed by atoms with E-state index in [-0.39, 0.29) is 29.7 Å². The Balaban J connectivity index is 2.57. The summed E-state index contributed by atoms with van der Waals surface area (Å²) in [5.41, 5.74) is 5.13. The molecule has 1 atom stereocenters. The van der Waals surface area contributed by atoms with E-state index in [0.717, 1.165) is 18.6 Å². The first kappa shape index (κ1) is 18.5. The molecule has 2 amide bonds. The third kappa shape index (κ3) is 4.59. The third-order valence-electron chi connectivity index (χ3n) is 3.41. The first-order chi connectivity index (χ1) is 11.8. The van der Waals surface area contributed by atoms with Gasteiger partial charge in [0, 0.05) is 13.0 Å². The molecule has 0 aliphatic heterocycles. The minimum Gasteiger partial charge on any atom is -0.369 e. The molecule has 1 unspecified atom stereocenters. The number of nitrogens with zero attached hydrogens (tertiary/aromatic N) is 3. The third-order valence-corrected chi connectivity index (χ3v) is 3.41. The van der Waals surface area contributed by atoms with Gasteiger partial charge >= 0.3 is 0 Å². The van der Waals surface area contributed by atoms with Crippen LogP contribution in [0.25, 0.3) is 5.69 Å². The van der Waals surface area contributed by atoms with Crippen molar-refractivity contribution in [3.8, 4) is 5.69 Å². The molecule has 0 aliphatic rings. The fourth-order valence-electron chi connectivity index (χ4n) is 2.46. The number of carbonyl (C=O) groups excluding carboxylic acids is 2. The highest BCUT2D eigenvalue weighted by molar-refractivity contribution is 5.75. The fourth-order valence-corrected chi connectivity index (χ4v) is 2.46. The highest BCUT2D eigenvalue weighted by Gasteiger charge is 2.23. The van der Waals surface area contributed by atoms with Crippen molar-refractivity contribution in [1.82, 2.24) is 20.1 Å². The van der Waals surface area contributed by atoms with Crippen LogP contribution < -0.4 is 11.1 Å². The van der Waals surface area contributed by atoms with Gasteiger partial charge in [0.25, 0.3) is 0 Å². The molecule has 0 saturated carbocycles. The van der Waals surface area contributed by atoms with E-state index in [1.54, 1.807) is 0 Å². The van der Waals surface area contributed by atoms with Crippen molar-refractivity contribution in [2.24, 2.45) is 5.73 Å². The van der Waals surface area contributed by atoms with Gasteiger partial charge in [-0.05, 0) is 18.6 Å². The molecule has 1 heterocycles. The molecule has 0 spiro atoms. The Morgan fingerprint density at radius 3 is 2.64 bits per heavy atom. The van der Waals surface area contributed by atoms with E-state index in [9.17, 15) is 18.4 Å². The molecule has 1 aromatic carbocycles. The summed E-state index contributed by atoms with van der Waals surface area (Å²) < 4.78 is 28.6. The van der Waals surface area contributed by atoms with Gasteiger partial charge in [0.1, 0.15) is 11.5 Å². The maximum atomic E-state index is 14.2. The van der Waals surface area contributed by atoms with Gasteiger partial charge in [-0.2, -0.15) is 5.10 Å². The van der Waals surface area contributed by atoms with Gasteiger partial charge in [0.15, 0.2) is 17.5 Å². The Hall–Kier alpha value is -2.84. The van der Waals surface area contributed by atoms with Crippen LogP contribution in [0, 0.1) is 11.6 Å². The lowest BCUT2D eigenvalue weighted by atomic mass is 10.1. The van der Waals surface area contributed by atoms with Crippen LogP contribution in [-0.2, 0) is 16.0 Å². The number of carbonyl (C=O) groups is 2. The molecular formula is C16H19F2N5O2. The van der Waals surface area contributed by atoms with Gasteiger partial charge in [-0.3, -0.25) is 9.59 Å². The number of aromatic nitrogens is 3. The summed E-state index contributed by atoms with van der Waals surface area (Å²) in [5.74, 6) is -2.16.